The molecule has 0 aromatic heterocycles. The third-order valence-corrected chi connectivity index (χ3v) is 5.55. The van der Waals surface area contributed by atoms with Crippen molar-refractivity contribution in [3.63, 3.8) is 0 Å². The molecule has 5 nitrogen and oxygen atoms in total. The average molecular weight is 492 g/mol. The number of hydrogen-bond donors (Lipinski definition) is 0. The number of nitrogens with zero attached hydrogens (tertiary/aromatic N) is 2. The summed E-state index contributed by atoms with van der Waals surface area (Å²) in [5.41, 5.74) is 1.39. The Morgan fingerprint density at radius 2 is 1.91 bits per heavy atom. The molecule has 0 fully saturated rings. The van der Waals surface area contributed by atoms with E-state index in [4.69, 9.17) is 0 Å². The van der Waals surface area contributed by atoms with E-state index in [0.717, 1.165) is 9.87 Å². The topological polar surface area (TPSA) is 57.7 Å². The summed E-state index contributed by atoms with van der Waals surface area (Å²) >= 11 is 1.32. The van der Waals surface area contributed by atoms with E-state index < -0.39 is 10.0 Å². The zero-order valence-electron chi connectivity index (χ0n) is 13.1. The van der Waals surface area contributed by atoms with Crippen LogP contribution in [0.1, 0.15) is 18.9 Å². The van der Waals surface area contributed by atoms with E-state index in [1.165, 1.54) is 38.3 Å². The van der Waals surface area contributed by atoms with Crippen molar-refractivity contribution in [2.75, 3.05) is 26.0 Å². The van der Waals surface area contributed by atoms with Gasteiger partial charge in [-0.25, -0.2) is 0 Å². The van der Waals surface area contributed by atoms with E-state index in [-0.39, 0.29) is 10.8 Å². The SMILES string of the molecule is CCC(=O)N(C)c1cc(S(=O)(=O)N(C)C)ccc1C=C[CH]=[W]. The molecule has 0 aliphatic heterocycles. The number of allylic oxidation sites excluding steroid dienone is 1. The van der Waals surface area contributed by atoms with Gasteiger partial charge in [-0.05, 0) is 0 Å². The standard InChI is InChI=1S/C15H20N2O3S.W/c1-6-8-12-9-10-13(21(19,20)16(3)4)11-14(12)17(5)15(18)7-2;/h1,6,8-11H,7H2,2-5H3;. The van der Waals surface area contributed by atoms with Crippen molar-refractivity contribution in [1.82, 2.24) is 4.31 Å². The maximum atomic E-state index is 12.3. The Morgan fingerprint density at radius 1 is 1.27 bits per heavy atom. The van der Waals surface area contributed by atoms with Gasteiger partial charge in [0.15, 0.2) is 0 Å². The quantitative estimate of drug-likeness (QED) is 0.608. The van der Waals surface area contributed by atoms with Crippen molar-refractivity contribution in [3.8, 4) is 0 Å². The molecule has 1 amide bonds. The fourth-order valence-corrected chi connectivity index (χ4v) is 3.05. The zero-order valence-corrected chi connectivity index (χ0v) is 16.9. The van der Waals surface area contributed by atoms with Gasteiger partial charge in [-0.15, -0.1) is 0 Å². The fourth-order valence-electron chi connectivity index (χ4n) is 1.84. The van der Waals surface area contributed by atoms with Crippen LogP contribution in [0, 0.1) is 0 Å². The number of hydrogen-bond acceptors (Lipinski definition) is 3. The van der Waals surface area contributed by atoms with Gasteiger partial charge < -0.3 is 0 Å². The van der Waals surface area contributed by atoms with Gasteiger partial charge in [0.1, 0.15) is 0 Å². The third-order valence-electron chi connectivity index (χ3n) is 3.17. The Balaban J connectivity index is 3.50. The molecular weight excluding hydrogens is 472 g/mol. The van der Waals surface area contributed by atoms with Gasteiger partial charge in [-0.3, -0.25) is 0 Å². The van der Waals surface area contributed by atoms with E-state index in [1.54, 1.807) is 32.2 Å². The summed E-state index contributed by atoms with van der Waals surface area (Å²) in [6, 6.07) is 4.83. The Bertz CT molecular complexity index is 697. The Labute approximate surface area is 143 Å². The molecule has 120 valence electrons. The first kappa shape index (κ1) is 18.9. The molecule has 0 atom stereocenters. The van der Waals surface area contributed by atoms with Crippen LogP contribution < -0.4 is 4.90 Å². The second-order valence-corrected chi connectivity index (χ2v) is 7.94. The molecule has 1 aromatic carbocycles. The molecule has 0 aliphatic carbocycles. The molecule has 0 saturated carbocycles. The number of sulfonamides is 1. The van der Waals surface area contributed by atoms with Crippen molar-refractivity contribution < 1.29 is 32.6 Å². The van der Waals surface area contributed by atoms with E-state index in [2.05, 4.69) is 0 Å². The first-order chi connectivity index (χ1) is 10.3. The van der Waals surface area contributed by atoms with E-state index in [0.29, 0.717) is 12.1 Å². The van der Waals surface area contributed by atoms with Crippen LogP contribution in [0.15, 0.2) is 29.2 Å². The van der Waals surface area contributed by atoms with Crippen LogP contribution in [-0.4, -0.2) is 44.2 Å². The van der Waals surface area contributed by atoms with Crippen LogP contribution in [0.4, 0.5) is 5.69 Å². The van der Waals surface area contributed by atoms with Gasteiger partial charge in [0.05, 0.1) is 0 Å². The predicted molar refractivity (Wildman–Crippen MR) is 86.1 cm³/mol. The molecule has 0 bridgehead atoms. The molecule has 22 heavy (non-hydrogen) atoms. The predicted octanol–water partition coefficient (Wildman–Crippen LogP) is 1.67. The van der Waals surface area contributed by atoms with Gasteiger partial charge in [0.25, 0.3) is 0 Å². The van der Waals surface area contributed by atoms with Gasteiger partial charge in [-0.1, -0.05) is 0 Å². The van der Waals surface area contributed by atoms with Crippen LogP contribution in [0.25, 0.3) is 6.08 Å². The molecule has 0 N–H and O–H groups in total. The van der Waals surface area contributed by atoms with Crippen LogP contribution in [0.5, 0.6) is 0 Å². The molecule has 7 heteroatoms. The monoisotopic (exact) mass is 492 g/mol. The van der Waals surface area contributed by atoms with Gasteiger partial charge in [0.2, 0.25) is 0 Å². The van der Waals surface area contributed by atoms with Crippen molar-refractivity contribution in [2.45, 2.75) is 18.2 Å². The van der Waals surface area contributed by atoms with Gasteiger partial charge in [-0.2, -0.15) is 0 Å². The summed E-state index contributed by atoms with van der Waals surface area (Å²) in [6.07, 6.45) is 4.11. The number of amides is 1. The van der Waals surface area contributed by atoms with E-state index in [1.807, 2.05) is 16.6 Å². The van der Waals surface area contributed by atoms with Crippen molar-refractivity contribution in [1.29, 1.82) is 0 Å². The molecule has 0 unspecified atom stereocenters. The number of rotatable bonds is 6. The molecule has 0 radical (unpaired) electrons. The van der Waals surface area contributed by atoms with Gasteiger partial charge in [0, 0.05) is 0 Å². The summed E-state index contributed by atoms with van der Waals surface area (Å²) in [5.74, 6) is -0.0693. The van der Waals surface area contributed by atoms with Crippen molar-refractivity contribution >= 4 is 32.1 Å². The van der Waals surface area contributed by atoms with Crippen LogP contribution >= 0.6 is 0 Å². The molecule has 0 saturated heterocycles. The van der Waals surface area contributed by atoms with E-state index >= 15 is 0 Å². The molecule has 0 spiro atoms. The Morgan fingerprint density at radius 3 is 2.41 bits per heavy atom. The summed E-state index contributed by atoms with van der Waals surface area (Å²) in [5, 5.41) is 0. The van der Waals surface area contributed by atoms with Crippen molar-refractivity contribution in [3.05, 3.63) is 29.8 Å². The average Bonchev–Trinajstić information content (AvgIpc) is 2.50. The molecule has 1 rings (SSSR count). The van der Waals surface area contributed by atoms with Crippen molar-refractivity contribution in [2.24, 2.45) is 0 Å². The van der Waals surface area contributed by atoms with Crippen LogP contribution in [-0.2, 0) is 34.2 Å². The number of carbonyl (C=O) groups excluding carboxylic acids is 1. The van der Waals surface area contributed by atoms with E-state index in [9.17, 15) is 13.2 Å². The molecular formula is C15H20N2O3SW. The number of benzene rings is 1. The summed E-state index contributed by atoms with van der Waals surface area (Å²) in [4.78, 5) is 13.6. The number of anilines is 1. The third kappa shape index (κ3) is 4.22. The first-order valence-corrected chi connectivity index (χ1v) is 9.84. The molecule has 1 aromatic rings. The second-order valence-electron chi connectivity index (χ2n) is 4.81. The Hall–Kier alpha value is -1.10. The fraction of sp³-hybridized carbons (Fsp3) is 0.333. The maximum absolute atomic E-state index is 12.3. The first-order valence-electron chi connectivity index (χ1n) is 6.70. The van der Waals surface area contributed by atoms with Gasteiger partial charge >= 0.3 is 143 Å². The minimum absolute atomic E-state index is 0.0693. The Kier molecular flexibility index (Phi) is 6.85. The molecule has 0 heterocycles. The number of carbonyl (C=O) groups is 1. The normalized spacial score (nSPS) is 11.9. The van der Waals surface area contributed by atoms with Crippen LogP contribution in [0.3, 0.4) is 0 Å². The summed E-state index contributed by atoms with van der Waals surface area (Å²) in [6.45, 7) is 1.78. The summed E-state index contributed by atoms with van der Waals surface area (Å²) in [7, 11) is 1.09. The zero-order chi connectivity index (χ0) is 16.9. The summed E-state index contributed by atoms with van der Waals surface area (Å²) < 4.78 is 27.7. The second kappa shape index (κ2) is 7.95. The minimum atomic E-state index is -3.54. The molecule has 0 aliphatic rings. The van der Waals surface area contributed by atoms with Crippen LogP contribution in [0.2, 0.25) is 0 Å².